The summed E-state index contributed by atoms with van der Waals surface area (Å²) in [6.07, 6.45) is 6.18. The number of hydrogen-bond acceptors (Lipinski definition) is 6. The number of rotatable bonds is 6. The summed E-state index contributed by atoms with van der Waals surface area (Å²) in [6.45, 7) is 6.33. The molecule has 1 aromatic carbocycles. The molecule has 1 aliphatic carbocycles. The highest BCUT2D eigenvalue weighted by atomic mass is 32.2. The minimum absolute atomic E-state index is 0.0523. The number of nitrogens with one attached hydrogen (secondary N) is 2. The molecule has 3 aromatic rings. The number of nitrogens with two attached hydrogens (primary N) is 2. The van der Waals surface area contributed by atoms with Crippen molar-refractivity contribution < 1.29 is 13.2 Å². The lowest BCUT2D eigenvalue weighted by Crippen LogP contribution is -2.51. The van der Waals surface area contributed by atoms with Crippen molar-refractivity contribution in [2.75, 3.05) is 16.3 Å². The van der Waals surface area contributed by atoms with E-state index in [2.05, 4.69) is 35.9 Å². The van der Waals surface area contributed by atoms with E-state index < -0.39 is 15.9 Å². The van der Waals surface area contributed by atoms with E-state index in [-0.39, 0.29) is 17.0 Å². The van der Waals surface area contributed by atoms with Crippen LogP contribution in [-0.2, 0) is 10.0 Å². The van der Waals surface area contributed by atoms with Crippen LogP contribution in [0.15, 0.2) is 42.7 Å². The van der Waals surface area contributed by atoms with Crippen molar-refractivity contribution in [3.63, 3.8) is 0 Å². The van der Waals surface area contributed by atoms with Gasteiger partial charge in [-0.2, -0.15) is 5.10 Å². The van der Waals surface area contributed by atoms with Crippen LogP contribution in [0.5, 0.6) is 0 Å². The van der Waals surface area contributed by atoms with Gasteiger partial charge in [0.05, 0.1) is 29.2 Å². The maximum Gasteiger partial charge on any atom is 0.252 e. The fourth-order valence-corrected chi connectivity index (χ4v) is 5.01. The Kier molecular flexibility index (Phi) is 5.41. The maximum absolute atomic E-state index is 12.2. The summed E-state index contributed by atoms with van der Waals surface area (Å²) >= 11 is 0. The Bertz CT molecular complexity index is 1330. The normalized spacial score (nSPS) is 22.4. The van der Waals surface area contributed by atoms with Crippen LogP contribution in [0.2, 0.25) is 0 Å². The average Bonchev–Trinajstić information content (AvgIpc) is 3.22. The molecule has 176 valence electrons. The number of amides is 1. The SMILES string of the molecule is CC1(C)[C@H](Nc2c(C(N)=O)cnn3cc(-c4ccc(NS(C)(=O)=O)cc4)cc23)CC[C@]1(C)N. The highest BCUT2D eigenvalue weighted by molar-refractivity contribution is 7.92. The molecule has 0 radical (unpaired) electrons. The minimum Gasteiger partial charge on any atom is -0.379 e. The zero-order valence-electron chi connectivity index (χ0n) is 19.2. The first-order valence-corrected chi connectivity index (χ1v) is 12.6. The minimum atomic E-state index is -3.35. The van der Waals surface area contributed by atoms with E-state index in [4.69, 9.17) is 11.5 Å². The van der Waals surface area contributed by atoms with Crippen LogP contribution in [0.25, 0.3) is 16.6 Å². The van der Waals surface area contributed by atoms with Gasteiger partial charge in [-0.05, 0) is 43.5 Å². The monoisotopic (exact) mass is 470 g/mol. The molecule has 10 heteroatoms. The van der Waals surface area contributed by atoms with Gasteiger partial charge < -0.3 is 16.8 Å². The second-order valence-electron chi connectivity index (χ2n) is 9.68. The number of carbonyl (C=O) groups excluding carboxylic acids is 1. The lowest BCUT2D eigenvalue weighted by atomic mass is 9.75. The van der Waals surface area contributed by atoms with Gasteiger partial charge in [-0.25, -0.2) is 12.9 Å². The molecule has 2 heterocycles. The van der Waals surface area contributed by atoms with E-state index >= 15 is 0 Å². The molecule has 1 fully saturated rings. The first kappa shape index (κ1) is 23.1. The van der Waals surface area contributed by atoms with Crippen molar-refractivity contribution in [2.45, 2.75) is 45.2 Å². The number of anilines is 2. The van der Waals surface area contributed by atoms with Gasteiger partial charge in [0.2, 0.25) is 10.0 Å². The van der Waals surface area contributed by atoms with Gasteiger partial charge in [0.25, 0.3) is 5.91 Å². The molecule has 0 spiro atoms. The first-order chi connectivity index (χ1) is 15.3. The van der Waals surface area contributed by atoms with Crippen molar-refractivity contribution in [3.8, 4) is 11.1 Å². The number of primary amides is 1. The Hall–Kier alpha value is -3.11. The summed E-state index contributed by atoms with van der Waals surface area (Å²) in [5.74, 6) is -0.558. The summed E-state index contributed by atoms with van der Waals surface area (Å²) in [5.41, 5.74) is 15.6. The summed E-state index contributed by atoms with van der Waals surface area (Å²) in [7, 11) is -3.35. The van der Waals surface area contributed by atoms with E-state index in [1.165, 1.54) is 6.20 Å². The van der Waals surface area contributed by atoms with Crippen LogP contribution < -0.4 is 21.5 Å². The van der Waals surface area contributed by atoms with E-state index in [1.54, 1.807) is 16.6 Å². The molecule has 0 unspecified atom stereocenters. The summed E-state index contributed by atoms with van der Waals surface area (Å²) in [4.78, 5) is 12.2. The first-order valence-electron chi connectivity index (χ1n) is 10.7. The standard InChI is InChI=1S/C23H30N6O3S/c1-22(2)19(9-10-23(22,3)25)27-20-17(21(24)30)12-26-29-13-15(11-18(20)29)14-5-7-16(8-6-14)28-33(4,31)32/h5-8,11-13,19,27-28H,9-10,25H2,1-4H3,(H2,24,30)/t19-,23+/m1/s1. The predicted molar refractivity (Wildman–Crippen MR) is 131 cm³/mol. The highest BCUT2D eigenvalue weighted by Crippen LogP contribution is 2.46. The lowest BCUT2D eigenvalue weighted by molar-refractivity contribution is 0.100. The molecule has 9 nitrogen and oxygen atoms in total. The largest absolute Gasteiger partial charge is 0.379 e. The van der Waals surface area contributed by atoms with E-state index in [9.17, 15) is 13.2 Å². The molecule has 1 aliphatic rings. The van der Waals surface area contributed by atoms with Gasteiger partial charge in [0.1, 0.15) is 0 Å². The number of nitrogens with zero attached hydrogens (tertiary/aromatic N) is 2. The molecule has 0 saturated heterocycles. The molecular formula is C23H30N6O3S. The van der Waals surface area contributed by atoms with Gasteiger partial charge in [-0.1, -0.05) is 26.0 Å². The molecule has 1 saturated carbocycles. The van der Waals surface area contributed by atoms with Gasteiger partial charge in [-0.3, -0.25) is 9.52 Å². The highest BCUT2D eigenvalue weighted by Gasteiger charge is 2.49. The van der Waals surface area contributed by atoms with Gasteiger partial charge >= 0.3 is 0 Å². The quantitative estimate of drug-likeness (QED) is 0.436. The Morgan fingerprint density at radius 3 is 2.39 bits per heavy atom. The Morgan fingerprint density at radius 1 is 1.18 bits per heavy atom. The lowest BCUT2D eigenvalue weighted by Gasteiger charge is -2.39. The molecule has 0 bridgehead atoms. The average molecular weight is 471 g/mol. The number of benzene rings is 1. The molecule has 2 atom stereocenters. The van der Waals surface area contributed by atoms with Gasteiger partial charge in [-0.15, -0.1) is 0 Å². The molecule has 2 aromatic heterocycles. The predicted octanol–water partition coefficient (Wildman–Crippen LogP) is 2.79. The Balaban J connectivity index is 1.74. The van der Waals surface area contributed by atoms with Crippen molar-refractivity contribution in [1.29, 1.82) is 0 Å². The van der Waals surface area contributed by atoms with Crippen LogP contribution in [0, 0.1) is 5.41 Å². The van der Waals surface area contributed by atoms with Crippen molar-refractivity contribution >= 4 is 32.8 Å². The Labute approximate surface area is 193 Å². The molecule has 1 amide bonds. The van der Waals surface area contributed by atoms with Crippen LogP contribution in [0.1, 0.15) is 44.0 Å². The van der Waals surface area contributed by atoms with Crippen LogP contribution in [0.3, 0.4) is 0 Å². The van der Waals surface area contributed by atoms with Crippen molar-refractivity contribution in [1.82, 2.24) is 9.61 Å². The second kappa shape index (κ2) is 7.74. The number of sulfonamides is 1. The van der Waals surface area contributed by atoms with Crippen LogP contribution in [0.4, 0.5) is 11.4 Å². The van der Waals surface area contributed by atoms with Crippen molar-refractivity contribution in [2.24, 2.45) is 16.9 Å². The summed E-state index contributed by atoms with van der Waals surface area (Å²) < 4.78 is 27.1. The third kappa shape index (κ3) is 4.28. The van der Waals surface area contributed by atoms with E-state index in [0.717, 1.165) is 35.7 Å². The molecule has 6 N–H and O–H groups in total. The van der Waals surface area contributed by atoms with Crippen LogP contribution in [-0.4, -0.2) is 41.8 Å². The second-order valence-corrected chi connectivity index (χ2v) is 11.4. The summed E-state index contributed by atoms with van der Waals surface area (Å²) in [6, 6.07) is 9.03. The molecule has 33 heavy (non-hydrogen) atoms. The smallest absolute Gasteiger partial charge is 0.252 e. The van der Waals surface area contributed by atoms with E-state index in [1.807, 2.05) is 24.4 Å². The molecular weight excluding hydrogens is 440 g/mol. The zero-order chi connectivity index (χ0) is 24.2. The Morgan fingerprint density at radius 2 is 1.85 bits per heavy atom. The third-order valence-corrected chi connectivity index (χ3v) is 7.64. The van der Waals surface area contributed by atoms with Crippen LogP contribution >= 0.6 is 0 Å². The van der Waals surface area contributed by atoms with Crippen molar-refractivity contribution in [3.05, 3.63) is 48.3 Å². The molecule has 0 aliphatic heterocycles. The number of fused-ring (bicyclic) bond motifs is 1. The fraction of sp³-hybridized carbons (Fsp3) is 0.391. The summed E-state index contributed by atoms with van der Waals surface area (Å²) in [5, 5.41) is 7.94. The third-order valence-electron chi connectivity index (χ3n) is 7.04. The number of aromatic nitrogens is 2. The van der Waals surface area contributed by atoms with Gasteiger partial charge in [0, 0.05) is 34.4 Å². The zero-order valence-corrected chi connectivity index (χ0v) is 20.0. The van der Waals surface area contributed by atoms with Gasteiger partial charge in [0.15, 0.2) is 0 Å². The van der Waals surface area contributed by atoms with E-state index in [0.29, 0.717) is 16.9 Å². The fourth-order valence-electron chi connectivity index (χ4n) is 4.45. The number of carbonyl (C=O) groups is 1. The molecule has 4 rings (SSSR count). The topological polar surface area (TPSA) is 145 Å². The number of hydrogen-bond donors (Lipinski definition) is 4. The maximum atomic E-state index is 12.2.